The van der Waals surface area contributed by atoms with Gasteiger partial charge in [-0.25, -0.2) is 4.79 Å². The number of amides is 3. The molecule has 0 aliphatic heterocycles. The molecule has 1 aromatic rings. The Kier molecular flexibility index (Phi) is 15.0. The minimum atomic E-state index is -0.814. The van der Waals surface area contributed by atoms with Crippen LogP contribution in [0.15, 0.2) is 24.3 Å². The van der Waals surface area contributed by atoms with Crippen molar-refractivity contribution in [2.75, 3.05) is 18.6 Å². The van der Waals surface area contributed by atoms with Crippen LogP contribution in [0.4, 0.5) is 4.79 Å². The zero-order chi connectivity index (χ0) is 29.6. The molecule has 0 aromatic heterocycles. The van der Waals surface area contributed by atoms with Crippen LogP contribution >= 0.6 is 11.8 Å². The van der Waals surface area contributed by atoms with Crippen molar-refractivity contribution in [3.8, 4) is 0 Å². The average molecular weight is 564 g/mol. The van der Waals surface area contributed by atoms with Crippen LogP contribution in [0.3, 0.4) is 0 Å². The molecule has 1 rings (SSSR count). The lowest BCUT2D eigenvalue weighted by atomic mass is 9.96. The van der Waals surface area contributed by atoms with Gasteiger partial charge >= 0.3 is 6.09 Å². The molecule has 0 saturated carbocycles. The number of carbonyl (C=O) groups is 3. The van der Waals surface area contributed by atoms with E-state index in [1.807, 2.05) is 58.2 Å². The number of hydrogen-bond acceptors (Lipinski definition) is 5. The maximum atomic E-state index is 14.3. The first-order chi connectivity index (χ1) is 18.2. The molecule has 2 atom stereocenters. The van der Waals surface area contributed by atoms with Crippen LogP contribution in [0.25, 0.3) is 0 Å². The van der Waals surface area contributed by atoms with Gasteiger partial charge in [0.05, 0.1) is 0 Å². The second kappa shape index (κ2) is 16.8. The first-order valence-electron chi connectivity index (χ1n) is 14.4. The predicted octanol–water partition coefficient (Wildman–Crippen LogP) is 6.79. The van der Waals surface area contributed by atoms with Crippen LogP contribution in [0, 0.1) is 6.92 Å². The molecule has 0 aliphatic rings. The molecule has 2 unspecified atom stereocenters. The number of nitrogens with zero attached hydrogens (tertiary/aromatic N) is 1. The molecule has 8 heteroatoms. The largest absolute Gasteiger partial charge is 0.444 e. The highest BCUT2D eigenvalue weighted by Crippen LogP contribution is 2.27. The second-order valence-corrected chi connectivity index (χ2v) is 13.3. The van der Waals surface area contributed by atoms with E-state index in [4.69, 9.17) is 4.74 Å². The van der Waals surface area contributed by atoms with Crippen molar-refractivity contribution in [1.82, 2.24) is 15.5 Å². The average Bonchev–Trinajstić information content (AvgIpc) is 2.81. The zero-order valence-electron chi connectivity index (χ0n) is 25.8. The molecular formula is C31H53N3O4S. The van der Waals surface area contributed by atoms with Crippen LogP contribution in [-0.4, -0.2) is 58.5 Å². The van der Waals surface area contributed by atoms with Gasteiger partial charge in [-0.1, -0.05) is 63.3 Å². The number of unbranched alkanes of at least 4 members (excludes halogenated alkanes) is 5. The minimum Gasteiger partial charge on any atom is -0.444 e. The predicted molar refractivity (Wildman–Crippen MR) is 163 cm³/mol. The Morgan fingerprint density at radius 2 is 1.59 bits per heavy atom. The van der Waals surface area contributed by atoms with Crippen molar-refractivity contribution >= 4 is 29.7 Å². The summed E-state index contributed by atoms with van der Waals surface area (Å²) in [4.78, 5) is 42.6. The normalized spacial score (nSPS) is 13.4. The van der Waals surface area contributed by atoms with Gasteiger partial charge in [0.2, 0.25) is 11.8 Å². The summed E-state index contributed by atoms with van der Waals surface area (Å²) in [5.74, 6) is 0.193. The van der Waals surface area contributed by atoms with Crippen molar-refractivity contribution in [2.45, 2.75) is 124 Å². The maximum Gasteiger partial charge on any atom is 0.408 e. The van der Waals surface area contributed by atoms with E-state index in [-0.39, 0.29) is 11.8 Å². The highest BCUT2D eigenvalue weighted by atomic mass is 32.2. The Morgan fingerprint density at radius 3 is 2.15 bits per heavy atom. The topological polar surface area (TPSA) is 87.7 Å². The lowest BCUT2D eigenvalue weighted by molar-refractivity contribution is -0.143. The molecule has 0 radical (unpaired) electrons. The number of alkyl carbamates (subject to hydrolysis) is 1. The monoisotopic (exact) mass is 563 g/mol. The van der Waals surface area contributed by atoms with Crippen molar-refractivity contribution < 1.29 is 19.1 Å². The fraction of sp³-hybridized carbons (Fsp3) is 0.710. The Balaban J connectivity index is 3.46. The number of rotatable bonds is 15. The molecule has 0 bridgehead atoms. The molecule has 0 spiro atoms. The Morgan fingerprint density at radius 1 is 0.974 bits per heavy atom. The zero-order valence-corrected chi connectivity index (χ0v) is 26.6. The minimum absolute atomic E-state index is 0.225. The number of ether oxygens (including phenoxy) is 1. The van der Waals surface area contributed by atoms with E-state index in [0.29, 0.717) is 18.7 Å². The van der Waals surface area contributed by atoms with E-state index in [1.54, 1.807) is 37.4 Å². The van der Waals surface area contributed by atoms with Gasteiger partial charge in [-0.2, -0.15) is 11.8 Å². The summed E-state index contributed by atoms with van der Waals surface area (Å²) in [6, 6.07) is 6.10. The number of aryl methyl sites for hydroxylation is 1. The molecule has 0 heterocycles. The lowest BCUT2D eigenvalue weighted by Gasteiger charge is -2.36. The third-order valence-corrected chi connectivity index (χ3v) is 6.82. The molecule has 0 aliphatic carbocycles. The molecule has 0 fully saturated rings. The first-order valence-corrected chi connectivity index (χ1v) is 15.8. The van der Waals surface area contributed by atoms with Crippen LogP contribution in [0.2, 0.25) is 0 Å². The third kappa shape index (κ3) is 13.6. The molecular weight excluding hydrogens is 510 g/mol. The van der Waals surface area contributed by atoms with Crippen molar-refractivity contribution in [1.29, 1.82) is 0 Å². The molecule has 222 valence electrons. The van der Waals surface area contributed by atoms with Gasteiger partial charge in [0.15, 0.2) is 0 Å². The standard InChI is InChI=1S/C31H53N3O4S/c1-10-11-12-13-14-17-21-34(28(36)25(20-22-39-9)32-29(37)38-31(6,7)8)26(27(35)33-30(3,4)5)24-19-16-15-18-23(24)2/h15-16,18-19,25-26H,10-14,17,20-22H2,1-9H3,(H,32,37)(H,33,35). The molecule has 2 N–H and O–H groups in total. The summed E-state index contributed by atoms with van der Waals surface area (Å²) in [6.07, 6.45) is 8.14. The SMILES string of the molecule is CCCCCCCCN(C(=O)C(CCSC)NC(=O)OC(C)(C)C)C(C(=O)NC(C)(C)C)c1ccccc1C. The fourth-order valence-corrected chi connectivity index (χ4v) is 4.83. The molecule has 7 nitrogen and oxygen atoms in total. The first kappa shape index (κ1) is 34.8. The number of thioether (sulfide) groups is 1. The molecule has 1 aromatic carbocycles. The van der Waals surface area contributed by atoms with Crippen molar-refractivity contribution in [3.05, 3.63) is 35.4 Å². The number of benzene rings is 1. The third-order valence-electron chi connectivity index (χ3n) is 6.18. The molecule has 3 amide bonds. The summed E-state index contributed by atoms with van der Waals surface area (Å²) in [5, 5.41) is 5.92. The van der Waals surface area contributed by atoms with Crippen molar-refractivity contribution in [3.63, 3.8) is 0 Å². The van der Waals surface area contributed by atoms with E-state index in [9.17, 15) is 14.4 Å². The summed E-state index contributed by atoms with van der Waals surface area (Å²) in [7, 11) is 0. The smallest absolute Gasteiger partial charge is 0.408 e. The van der Waals surface area contributed by atoms with Crippen LogP contribution < -0.4 is 10.6 Å². The van der Waals surface area contributed by atoms with Gasteiger partial charge in [0.25, 0.3) is 0 Å². The molecule has 39 heavy (non-hydrogen) atoms. The number of hydrogen-bond donors (Lipinski definition) is 2. The van der Waals surface area contributed by atoms with E-state index >= 15 is 0 Å². The fourth-order valence-electron chi connectivity index (χ4n) is 4.35. The van der Waals surface area contributed by atoms with Crippen LogP contribution in [0.5, 0.6) is 0 Å². The quantitative estimate of drug-likeness (QED) is 0.230. The Bertz CT molecular complexity index is 908. The second-order valence-electron chi connectivity index (χ2n) is 12.3. The summed E-state index contributed by atoms with van der Waals surface area (Å²) >= 11 is 1.61. The summed E-state index contributed by atoms with van der Waals surface area (Å²) < 4.78 is 5.48. The lowest BCUT2D eigenvalue weighted by Crippen LogP contribution is -2.55. The van der Waals surface area contributed by atoms with Gasteiger partial charge in [-0.3, -0.25) is 9.59 Å². The van der Waals surface area contributed by atoms with Gasteiger partial charge in [-0.15, -0.1) is 0 Å². The number of nitrogens with one attached hydrogen (secondary N) is 2. The molecule has 0 saturated heterocycles. The van der Waals surface area contributed by atoms with Crippen LogP contribution in [-0.2, 0) is 14.3 Å². The van der Waals surface area contributed by atoms with Crippen molar-refractivity contribution in [2.24, 2.45) is 0 Å². The van der Waals surface area contributed by atoms with Gasteiger partial charge in [0, 0.05) is 12.1 Å². The Labute approximate surface area is 241 Å². The Hall–Kier alpha value is -2.22. The van der Waals surface area contributed by atoms with E-state index in [2.05, 4.69) is 17.6 Å². The summed E-state index contributed by atoms with van der Waals surface area (Å²) in [6.45, 7) is 15.8. The van der Waals surface area contributed by atoms with Gasteiger partial charge in [0.1, 0.15) is 17.7 Å². The number of carbonyl (C=O) groups excluding carboxylic acids is 3. The highest BCUT2D eigenvalue weighted by Gasteiger charge is 2.37. The van der Waals surface area contributed by atoms with Gasteiger partial charge < -0.3 is 20.3 Å². The maximum absolute atomic E-state index is 14.3. The van der Waals surface area contributed by atoms with E-state index in [1.165, 1.54) is 12.8 Å². The van der Waals surface area contributed by atoms with Crippen LogP contribution in [0.1, 0.15) is 111 Å². The van der Waals surface area contributed by atoms with E-state index in [0.717, 1.165) is 36.8 Å². The van der Waals surface area contributed by atoms with E-state index < -0.39 is 29.3 Å². The van der Waals surface area contributed by atoms with Gasteiger partial charge in [-0.05, 0) is 84.4 Å². The highest BCUT2D eigenvalue weighted by molar-refractivity contribution is 7.98. The summed E-state index contributed by atoms with van der Waals surface area (Å²) in [5.41, 5.74) is 0.568.